The largest absolute Gasteiger partial charge is 0.497 e. The van der Waals surface area contributed by atoms with Crippen molar-refractivity contribution in [1.29, 1.82) is 0 Å². The zero-order chi connectivity index (χ0) is 38.0. The molecule has 3 aliphatic rings. The lowest BCUT2D eigenvalue weighted by Crippen LogP contribution is -2.31. The van der Waals surface area contributed by atoms with Crippen LogP contribution in [0.15, 0.2) is 79.9 Å². The van der Waals surface area contributed by atoms with E-state index in [1.54, 1.807) is 38.3 Å². The average molecular weight is 715 g/mol. The molecule has 280 valence electrons. The molecule has 0 unspecified atom stereocenters. The second-order valence-electron chi connectivity index (χ2n) is 13.8. The monoisotopic (exact) mass is 714 g/mol. The molecule has 0 bridgehead atoms. The van der Waals surface area contributed by atoms with Crippen molar-refractivity contribution >= 4 is 30.0 Å². The minimum Gasteiger partial charge on any atom is -0.497 e. The topological polar surface area (TPSA) is 122 Å². The highest BCUT2D eigenvalue weighted by Crippen LogP contribution is 2.45. The molecule has 0 N–H and O–H groups in total. The summed E-state index contributed by atoms with van der Waals surface area (Å²) in [4.78, 5) is 56.3. The van der Waals surface area contributed by atoms with E-state index >= 15 is 0 Å². The molecule has 0 aliphatic heterocycles. The Bertz CT molecular complexity index is 1520. The van der Waals surface area contributed by atoms with E-state index in [2.05, 4.69) is 25.8 Å². The Balaban J connectivity index is 0.000000644. The quantitative estimate of drug-likeness (QED) is 0.0870. The molecule has 0 radical (unpaired) electrons. The first-order valence-electron chi connectivity index (χ1n) is 18.2. The Hall–Kier alpha value is -4.79. The summed E-state index contributed by atoms with van der Waals surface area (Å²) in [6.45, 7) is 13.5. The lowest BCUT2D eigenvalue weighted by atomic mass is 9.69. The number of ketones is 1. The number of esters is 3. The molecule has 52 heavy (non-hydrogen) atoms. The van der Waals surface area contributed by atoms with Crippen LogP contribution in [0.25, 0.3) is 0 Å². The maximum atomic E-state index is 12.8. The molecule has 0 amide bonds. The number of carbonyl (C=O) groups excluding carboxylic acids is 5. The molecule has 3 aliphatic carbocycles. The van der Waals surface area contributed by atoms with E-state index < -0.39 is 5.97 Å². The van der Waals surface area contributed by atoms with Gasteiger partial charge in [-0.1, -0.05) is 31.9 Å². The van der Waals surface area contributed by atoms with Crippen LogP contribution in [0.3, 0.4) is 0 Å². The summed E-state index contributed by atoms with van der Waals surface area (Å²) in [6, 6.07) is 13.0. The van der Waals surface area contributed by atoms with Crippen molar-refractivity contribution in [1.82, 2.24) is 0 Å². The zero-order valence-corrected chi connectivity index (χ0v) is 30.9. The maximum absolute atomic E-state index is 12.8. The number of hydrogen-bond acceptors (Lipinski definition) is 9. The second-order valence-corrected chi connectivity index (χ2v) is 13.8. The zero-order valence-electron chi connectivity index (χ0n) is 30.9. The van der Waals surface area contributed by atoms with Gasteiger partial charge in [0.1, 0.15) is 23.5 Å². The van der Waals surface area contributed by atoms with Crippen molar-refractivity contribution in [2.45, 2.75) is 90.4 Å². The summed E-state index contributed by atoms with van der Waals surface area (Å²) in [5.74, 6) is 2.81. The minimum absolute atomic E-state index is 0.0185. The predicted molar refractivity (Wildman–Crippen MR) is 200 cm³/mol. The Morgan fingerprint density at radius 2 is 1.25 bits per heavy atom. The van der Waals surface area contributed by atoms with Crippen LogP contribution in [-0.4, -0.2) is 43.7 Å². The highest BCUT2D eigenvalue weighted by Gasteiger charge is 2.35. The van der Waals surface area contributed by atoms with E-state index in [9.17, 15) is 24.0 Å². The lowest BCUT2D eigenvalue weighted by Gasteiger charge is -2.36. The van der Waals surface area contributed by atoms with Crippen LogP contribution >= 0.6 is 0 Å². The van der Waals surface area contributed by atoms with Crippen LogP contribution in [0.5, 0.6) is 17.2 Å². The standard InChI is InChI=1S/C35H42O7.2C4H6O/c1-3-33(36)42-32-19-4-23(22-31(32)26-9-10-26)20-21-40-34(37)27-11-5-24(6-12-27)25-7-13-28(14-8-25)35(38)41-30-17-15-29(39-2)16-18-30;1-4(2)3-5;1-3-4(2)5/h3-4,15-19,22,24-28H,1,5-14,20-21H2,2H3;2*3H,1H2,2H3. The number of carbonyl (C=O) groups is 5. The average Bonchev–Trinajstić information content (AvgIpc) is 4.02. The van der Waals surface area contributed by atoms with Crippen molar-refractivity contribution < 1.29 is 42.9 Å². The highest BCUT2D eigenvalue weighted by atomic mass is 16.5. The molecule has 0 aromatic heterocycles. The molecule has 2 aromatic rings. The van der Waals surface area contributed by atoms with Gasteiger partial charge in [0.2, 0.25) is 0 Å². The molecule has 2 aromatic carbocycles. The maximum Gasteiger partial charge on any atom is 0.335 e. The third-order valence-corrected chi connectivity index (χ3v) is 9.75. The van der Waals surface area contributed by atoms with Gasteiger partial charge in [-0.15, -0.1) is 0 Å². The molecule has 3 fully saturated rings. The fraction of sp³-hybridized carbons (Fsp3) is 0.465. The van der Waals surface area contributed by atoms with Crippen LogP contribution in [0.4, 0.5) is 0 Å². The summed E-state index contributed by atoms with van der Waals surface area (Å²) >= 11 is 0. The molecule has 0 spiro atoms. The number of methoxy groups -OCH3 is 1. The molecule has 0 atom stereocenters. The molecule has 0 heterocycles. The number of allylic oxidation sites excluding steroid dienone is 2. The minimum atomic E-state index is -0.452. The van der Waals surface area contributed by atoms with Crippen LogP contribution < -0.4 is 14.2 Å². The van der Waals surface area contributed by atoms with Crippen LogP contribution in [0.1, 0.15) is 95.1 Å². The van der Waals surface area contributed by atoms with E-state index in [4.69, 9.17) is 18.9 Å². The van der Waals surface area contributed by atoms with Gasteiger partial charge < -0.3 is 18.9 Å². The normalized spacial score (nSPS) is 20.5. The first kappa shape index (κ1) is 41.6. The van der Waals surface area contributed by atoms with Gasteiger partial charge in [-0.3, -0.25) is 19.2 Å². The Kier molecular flexibility index (Phi) is 17.2. The van der Waals surface area contributed by atoms with E-state index in [0.29, 0.717) is 47.9 Å². The Labute approximate surface area is 308 Å². The fourth-order valence-electron chi connectivity index (χ4n) is 6.59. The van der Waals surface area contributed by atoms with Gasteiger partial charge in [-0.2, -0.15) is 0 Å². The van der Waals surface area contributed by atoms with E-state index in [-0.39, 0.29) is 29.6 Å². The summed E-state index contributed by atoms with van der Waals surface area (Å²) in [5, 5.41) is 0. The summed E-state index contributed by atoms with van der Waals surface area (Å²) in [6.07, 6.45) is 13.6. The third kappa shape index (κ3) is 14.1. The lowest BCUT2D eigenvalue weighted by molar-refractivity contribution is -0.150. The number of ether oxygens (including phenoxy) is 4. The highest BCUT2D eigenvalue weighted by molar-refractivity contribution is 5.86. The smallest absolute Gasteiger partial charge is 0.335 e. The van der Waals surface area contributed by atoms with Crippen molar-refractivity contribution in [2.75, 3.05) is 13.7 Å². The van der Waals surface area contributed by atoms with Gasteiger partial charge in [0.25, 0.3) is 0 Å². The first-order chi connectivity index (χ1) is 25.0. The SMILES string of the molecule is C=C(C)C=O.C=CC(=O)Oc1ccc(CCOC(=O)C2CCC(C3CCC(C(=O)Oc4ccc(OC)cc4)CC3)CC2)cc1C1CC1.C=CC(C)=O. The molecule has 9 nitrogen and oxygen atoms in total. The molecular formula is C43H54O9. The van der Waals surface area contributed by atoms with Crippen LogP contribution in [0.2, 0.25) is 0 Å². The van der Waals surface area contributed by atoms with Gasteiger partial charge in [-0.25, -0.2) is 4.79 Å². The fourth-order valence-corrected chi connectivity index (χ4v) is 6.59. The van der Waals surface area contributed by atoms with Gasteiger partial charge in [-0.05, 0) is 149 Å². The first-order valence-corrected chi connectivity index (χ1v) is 18.2. The summed E-state index contributed by atoms with van der Waals surface area (Å²) in [7, 11) is 1.61. The van der Waals surface area contributed by atoms with Crippen LogP contribution in [0, 0.1) is 23.7 Å². The number of rotatable bonds is 13. The van der Waals surface area contributed by atoms with E-state index in [0.717, 1.165) is 87.4 Å². The predicted octanol–water partition coefficient (Wildman–Crippen LogP) is 8.49. The van der Waals surface area contributed by atoms with E-state index in [1.807, 2.05) is 12.1 Å². The van der Waals surface area contributed by atoms with Crippen molar-refractivity contribution in [3.63, 3.8) is 0 Å². The van der Waals surface area contributed by atoms with E-state index in [1.165, 1.54) is 19.1 Å². The Morgan fingerprint density at radius 1 is 0.731 bits per heavy atom. The van der Waals surface area contributed by atoms with Gasteiger partial charge in [0.05, 0.1) is 25.6 Å². The van der Waals surface area contributed by atoms with Gasteiger partial charge >= 0.3 is 17.9 Å². The third-order valence-electron chi connectivity index (χ3n) is 9.75. The van der Waals surface area contributed by atoms with Crippen molar-refractivity contribution in [3.05, 3.63) is 91.1 Å². The summed E-state index contributed by atoms with van der Waals surface area (Å²) in [5.41, 5.74) is 2.70. The number of aldehydes is 1. The molecule has 3 saturated carbocycles. The van der Waals surface area contributed by atoms with Gasteiger partial charge in [0, 0.05) is 12.5 Å². The number of benzene rings is 2. The molecule has 5 rings (SSSR count). The van der Waals surface area contributed by atoms with Gasteiger partial charge in [0.15, 0.2) is 5.78 Å². The van der Waals surface area contributed by atoms with Crippen molar-refractivity contribution in [3.8, 4) is 17.2 Å². The molecular weight excluding hydrogens is 660 g/mol. The second kappa shape index (κ2) is 21.5. The Morgan fingerprint density at radius 3 is 1.71 bits per heavy atom. The van der Waals surface area contributed by atoms with Crippen LogP contribution in [-0.2, 0) is 35.1 Å². The van der Waals surface area contributed by atoms with Crippen molar-refractivity contribution in [2.24, 2.45) is 23.7 Å². The molecule has 0 saturated heterocycles. The number of hydrogen-bond donors (Lipinski definition) is 0. The molecule has 9 heteroatoms. The summed E-state index contributed by atoms with van der Waals surface area (Å²) < 4.78 is 21.9.